The standard InChI is InChI=1S/C54H96O6/c1-4-7-10-13-16-19-21-22-23-24-25-26-27-28-29-30-31-32-34-35-38-41-44-47-53(56)59-50-51(49-58-52(55)46-43-40-37-18-15-12-9-6-3)60-54(57)48-45-42-39-36-33-20-17-14-11-8-5-2/h14,17,21-22,24-25,27-28,51H,4-13,15-16,18-20,23,26,29-50H2,1-3H3/b17-14-,22-21-,25-24-,28-27-. The molecule has 0 bridgehead atoms. The Morgan fingerprint density at radius 1 is 0.333 bits per heavy atom. The molecule has 0 aliphatic rings. The Morgan fingerprint density at radius 3 is 1.00 bits per heavy atom. The molecule has 6 nitrogen and oxygen atoms in total. The van der Waals surface area contributed by atoms with E-state index in [0.717, 1.165) is 89.9 Å². The number of hydrogen-bond acceptors (Lipinski definition) is 6. The molecule has 0 aliphatic carbocycles. The third-order valence-electron chi connectivity index (χ3n) is 11.1. The van der Waals surface area contributed by atoms with Crippen molar-refractivity contribution in [3.8, 4) is 0 Å². The van der Waals surface area contributed by atoms with Crippen LogP contribution in [0.5, 0.6) is 0 Å². The van der Waals surface area contributed by atoms with Crippen LogP contribution >= 0.6 is 0 Å². The molecule has 0 saturated heterocycles. The monoisotopic (exact) mass is 841 g/mol. The van der Waals surface area contributed by atoms with Gasteiger partial charge in [-0.05, 0) is 77.0 Å². The quantitative estimate of drug-likeness (QED) is 0.0263. The van der Waals surface area contributed by atoms with E-state index < -0.39 is 6.10 Å². The zero-order valence-corrected chi connectivity index (χ0v) is 39.7. The van der Waals surface area contributed by atoms with E-state index in [4.69, 9.17) is 14.2 Å². The molecule has 0 rings (SSSR count). The van der Waals surface area contributed by atoms with Crippen LogP contribution in [0.4, 0.5) is 0 Å². The highest BCUT2D eigenvalue weighted by molar-refractivity contribution is 5.71. The van der Waals surface area contributed by atoms with Gasteiger partial charge in [-0.25, -0.2) is 0 Å². The summed E-state index contributed by atoms with van der Waals surface area (Å²) in [5, 5.41) is 0. The summed E-state index contributed by atoms with van der Waals surface area (Å²) in [6, 6.07) is 0. The minimum absolute atomic E-state index is 0.0777. The van der Waals surface area contributed by atoms with Crippen molar-refractivity contribution in [1.29, 1.82) is 0 Å². The van der Waals surface area contributed by atoms with Crippen molar-refractivity contribution in [2.75, 3.05) is 13.2 Å². The van der Waals surface area contributed by atoms with Crippen molar-refractivity contribution in [2.45, 2.75) is 264 Å². The number of carbonyl (C=O) groups excluding carboxylic acids is 3. The number of unbranched alkanes of at least 4 members (excludes halogenated alkanes) is 27. The Kier molecular flexibility index (Phi) is 46.9. The molecule has 1 unspecified atom stereocenters. The van der Waals surface area contributed by atoms with Crippen LogP contribution < -0.4 is 0 Å². The van der Waals surface area contributed by atoms with Crippen molar-refractivity contribution in [1.82, 2.24) is 0 Å². The summed E-state index contributed by atoms with van der Waals surface area (Å²) >= 11 is 0. The Hall–Kier alpha value is -2.63. The van der Waals surface area contributed by atoms with Gasteiger partial charge in [-0.15, -0.1) is 0 Å². The number of ether oxygens (including phenoxy) is 3. The molecule has 1 atom stereocenters. The zero-order valence-electron chi connectivity index (χ0n) is 39.7. The molecular formula is C54H96O6. The van der Waals surface area contributed by atoms with E-state index in [1.165, 1.54) is 128 Å². The van der Waals surface area contributed by atoms with Crippen molar-refractivity contribution in [3.63, 3.8) is 0 Å². The summed E-state index contributed by atoms with van der Waals surface area (Å²) in [7, 11) is 0. The Morgan fingerprint density at radius 2 is 0.617 bits per heavy atom. The summed E-state index contributed by atoms with van der Waals surface area (Å²) in [5.41, 5.74) is 0. The summed E-state index contributed by atoms with van der Waals surface area (Å²) in [5.74, 6) is -0.896. The van der Waals surface area contributed by atoms with Crippen molar-refractivity contribution < 1.29 is 28.6 Å². The second kappa shape index (κ2) is 49.0. The van der Waals surface area contributed by atoms with E-state index in [-0.39, 0.29) is 31.1 Å². The minimum Gasteiger partial charge on any atom is -0.462 e. The largest absolute Gasteiger partial charge is 0.462 e. The third kappa shape index (κ3) is 46.4. The number of hydrogen-bond donors (Lipinski definition) is 0. The van der Waals surface area contributed by atoms with E-state index in [1.807, 2.05) is 0 Å². The lowest BCUT2D eigenvalue weighted by molar-refractivity contribution is -0.167. The smallest absolute Gasteiger partial charge is 0.306 e. The number of allylic oxidation sites excluding steroid dienone is 8. The van der Waals surface area contributed by atoms with Crippen LogP contribution in [0, 0.1) is 0 Å². The molecule has 0 aromatic carbocycles. The third-order valence-corrected chi connectivity index (χ3v) is 11.1. The molecule has 0 aromatic heterocycles. The van der Waals surface area contributed by atoms with Crippen molar-refractivity contribution in [3.05, 3.63) is 48.6 Å². The first-order valence-corrected chi connectivity index (χ1v) is 25.6. The van der Waals surface area contributed by atoms with Gasteiger partial charge in [0.25, 0.3) is 0 Å². The van der Waals surface area contributed by atoms with Crippen LogP contribution in [0.2, 0.25) is 0 Å². The van der Waals surface area contributed by atoms with Gasteiger partial charge < -0.3 is 14.2 Å². The molecule has 0 radical (unpaired) electrons. The molecule has 0 aromatic rings. The number of carbonyl (C=O) groups is 3. The van der Waals surface area contributed by atoms with Crippen LogP contribution in [0.15, 0.2) is 48.6 Å². The fourth-order valence-electron chi connectivity index (χ4n) is 7.14. The first kappa shape index (κ1) is 57.4. The average molecular weight is 841 g/mol. The van der Waals surface area contributed by atoms with Gasteiger partial charge in [0.05, 0.1) is 0 Å². The molecule has 6 heteroatoms. The SMILES string of the molecule is CCCC/C=C\CCCCCCCC(=O)OC(COC(=O)CCCCCCCCCC)COC(=O)CCCCCCCCCC/C=C\C/C=C\C/C=C\CCCCCCC. The summed E-state index contributed by atoms with van der Waals surface area (Å²) < 4.78 is 16.7. The van der Waals surface area contributed by atoms with Gasteiger partial charge in [0.15, 0.2) is 6.10 Å². The van der Waals surface area contributed by atoms with Crippen molar-refractivity contribution in [2.24, 2.45) is 0 Å². The highest BCUT2D eigenvalue weighted by Gasteiger charge is 2.19. The maximum Gasteiger partial charge on any atom is 0.306 e. The van der Waals surface area contributed by atoms with Gasteiger partial charge in [0.2, 0.25) is 0 Å². The molecular weight excluding hydrogens is 745 g/mol. The number of esters is 3. The maximum absolute atomic E-state index is 12.7. The molecule has 0 amide bonds. The predicted octanol–water partition coefficient (Wildman–Crippen LogP) is 16.7. The maximum atomic E-state index is 12.7. The van der Waals surface area contributed by atoms with Gasteiger partial charge >= 0.3 is 17.9 Å². The van der Waals surface area contributed by atoms with Crippen LogP contribution in [0.1, 0.15) is 258 Å². The Balaban J connectivity index is 4.21. The average Bonchev–Trinajstić information content (AvgIpc) is 3.24. The molecule has 0 fully saturated rings. The molecule has 0 spiro atoms. The lowest BCUT2D eigenvalue weighted by Crippen LogP contribution is -2.30. The molecule has 0 N–H and O–H groups in total. The second-order valence-corrected chi connectivity index (χ2v) is 17.1. The Bertz CT molecular complexity index is 1060. The lowest BCUT2D eigenvalue weighted by Gasteiger charge is -2.18. The van der Waals surface area contributed by atoms with Gasteiger partial charge in [0.1, 0.15) is 13.2 Å². The normalized spacial score (nSPS) is 12.4. The zero-order chi connectivity index (χ0) is 43.7. The second-order valence-electron chi connectivity index (χ2n) is 17.1. The molecule has 0 heterocycles. The predicted molar refractivity (Wildman–Crippen MR) is 256 cm³/mol. The molecule has 348 valence electrons. The highest BCUT2D eigenvalue weighted by Crippen LogP contribution is 2.14. The first-order chi connectivity index (χ1) is 29.5. The van der Waals surface area contributed by atoms with Crippen molar-refractivity contribution >= 4 is 17.9 Å². The summed E-state index contributed by atoms with van der Waals surface area (Å²) in [4.78, 5) is 37.7. The van der Waals surface area contributed by atoms with Gasteiger partial charge in [0, 0.05) is 19.3 Å². The van der Waals surface area contributed by atoms with E-state index in [0.29, 0.717) is 19.3 Å². The van der Waals surface area contributed by atoms with E-state index in [2.05, 4.69) is 69.4 Å². The number of rotatable bonds is 46. The first-order valence-electron chi connectivity index (χ1n) is 25.6. The van der Waals surface area contributed by atoms with Gasteiger partial charge in [-0.2, -0.15) is 0 Å². The summed E-state index contributed by atoms with van der Waals surface area (Å²) in [6.07, 6.45) is 58.2. The minimum atomic E-state index is -0.775. The van der Waals surface area contributed by atoms with E-state index in [9.17, 15) is 14.4 Å². The van der Waals surface area contributed by atoms with Gasteiger partial charge in [-0.3, -0.25) is 14.4 Å². The molecule has 0 saturated carbocycles. The van der Waals surface area contributed by atoms with E-state index in [1.54, 1.807) is 0 Å². The fourth-order valence-corrected chi connectivity index (χ4v) is 7.14. The van der Waals surface area contributed by atoms with Crippen LogP contribution in [-0.2, 0) is 28.6 Å². The Labute approximate surface area is 371 Å². The summed E-state index contributed by atoms with van der Waals surface area (Å²) in [6.45, 7) is 6.55. The van der Waals surface area contributed by atoms with Crippen LogP contribution in [-0.4, -0.2) is 37.2 Å². The molecule has 0 aliphatic heterocycles. The topological polar surface area (TPSA) is 78.9 Å². The lowest BCUT2D eigenvalue weighted by atomic mass is 10.1. The van der Waals surface area contributed by atoms with Crippen LogP contribution in [0.3, 0.4) is 0 Å². The van der Waals surface area contributed by atoms with Gasteiger partial charge in [-0.1, -0.05) is 211 Å². The molecule has 60 heavy (non-hydrogen) atoms. The highest BCUT2D eigenvalue weighted by atomic mass is 16.6. The fraction of sp³-hybridized carbons (Fsp3) is 0.796. The van der Waals surface area contributed by atoms with E-state index >= 15 is 0 Å². The van der Waals surface area contributed by atoms with Crippen LogP contribution in [0.25, 0.3) is 0 Å².